The predicted molar refractivity (Wildman–Crippen MR) is 116 cm³/mol. The SMILES string of the molecule is CC1CCN(C(=O)OCC(C)(C)C#N)C[C@H]1n1cc(C(N)=O)c(Nc2ccc(F)cc2)n1. The lowest BCUT2D eigenvalue weighted by atomic mass is 9.94. The number of nitrogens with two attached hydrogens (primary N) is 1. The summed E-state index contributed by atoms with van der Waals surface area (Å²) in [6.07, 6.45) is 1.79. The van der Waals surface area contributed by atoms with E-state index < -0.39 is 17.4 Å². The number of nitriles is 1. The third-order valence-corrected chi connectivity index (χ3v) is 5.48. The number of rotatable bonds is 6. The zero-order valence-electron chi connectivity index (χ0n) is 18.3. The van der Waals surface area contributed by atoms with E-state index in [1.165, 1.54) is 24.3 Å². The number of anilines is 2. The molecule has 170 valence electrons. The number of carbonyl (C=O) groups excluding carboxylic acids is 2. The van der Waals surface area contributed by atoms with Crippen molar-refractivity contribution in [1.82, 2.24) is 14.7 Å². The van der Waals surface area contributed by atoms with Crippen LogP contribution in [0, 0.1) is 28.5 Å². The molecule has 10 heteroatoms. The highest BCUT2D eigenvalue weighted by atomic mass is 19.1. The lowest BCUT2D eigenvalue weighted by molar-refractivity contribution is 0.0567. The molecule has 0 aliphatic carbocycles. The number of halogens is 1. The van der Waals surface area contributed by atoms with Crippen molar-refractivity contribution in [3.05, 3.63) is 41.8 Å². The van der Waals surface area contributed by atoms with Crippen LogP contribution in [0.1, 0.15) is 43.6 Å². The highest BCUT2D eigenvalue weighted by Gasteiger charge is 2.33. The van der Waals surface area contributed by atoms with Crippen LogP contribution < -0.4 is 11.1 Å². The van der Waals surface area contributed by atoms with Crippen molar-refractivity contribution in [3.63, 3.8) is 0 Å². The van der Waals surface area contributed by atoms with Crippen molar-refractivity contribution < 1.29 is 18.7 Å². The van der Waals surface area contributed by atoms with Gasteiger partial charge in [0.15, 0.2) is 5.82 Å². The zero-order valence-corrected chi connectivity index (χ0v) is 18.3. The molecule has 0 bridgehead atoms. The highest BCUT2D eigenvalue weighted by molar-refractivity contribution is 5.98. The first-order valence-electron chi connectivity index (χ1n) is 10.3. The van der Waals surface area contributed by atoms with Crippen LogP contribution in [-0.4, -0.2) is 46.4 Å². The van der Waals surface area contributed by atoms with Crippen LogP contribution in [0.4, 0.5) is 20.7 Å². The minimum atomic E-state index is -0.766. The van der Waals surface area contributed by atoms with Gasteiger partial charge >= 0.3 is 6.09 Å². The van der Waals surface area contributed by atoms with Gasteiger partial charge in [-0.3, -0.25) is 9.48 Å². The molecule has 1 fully saturated rings. The lowest BCUT2D eigenvalue weighted by Gasteiger charge is -2.36. The fourth-order valence-electron chi connectivity index (χ4n) is 3.43. The number of likely N-dealkylation sites (tertiary alicyclic amines) is 1. The second-order valence-electron chi connectivity index (χ2n) is 8.70. The second kappa shape index (κ2) is 9.26. The minimum absolute atomic E-state index is 0.00160. The normalized spacial score (nSPS) is 18.7. The molecule has 1 aliphatic heterocycles. The Morgan fingerprint density at radius 1 is 1.38 bits per heavy atom. The van der Waals surface area contributed by atoms with Crippen LogP contribution in [-0.2, 0) is 4.74 Å². The molecule has 1 aromatic heterocycles. The standard InChI is InChI=1S/C22H27FN6O3/c1-14-8-9-28(21(31)32-13-22(2,3)12-24)11-18(14)29-10-17(19(25)30)20(27-29)26-16-6-4-15(23)5-7-16/h4-7,10,14,18H,8-9,11,13H2,1-3H3,(H2,25,30)(H,26,27)/t14?,18-/m1/s1. The predicted octanol–water partition coefficient (Wildman–Crippen LogP) is 3.43. The van der Waals surface area contributed by atoms with E-state index in [0.29, 0.717) is 25.2 Å². The number of carbonyl (C=O) groups is 2. The summed E-state index contributed by atoms with van der Waals surface area (Å²) in [6, 6.07) is 7.55. The maximum absolute atomic E-state index is 13.2. The van der Waals surface area contributed by atoms with E-state index in [-0.39, 0.29) is 35.8 Å². The maximum atomic E-state index is 13.2. The zero-order chi connectivity index (χ0) is 23.5. The van der Waals surface area contributed by atoms with Gasteiger partial charge in [0.25, 0.3) is 5.91 Å². The number of benzene rings is 1. The number of hydrogen-bond acceptors (Lipinski definition) is 6. The Kier molecular flexibility index (Phi) is 6.67. The van der Waals surface area contributed by atoms with Gasteiger partial charge in [0.05, 0.1) is 17.5 Å². The summed E-state index contributed by atoms with van der Waals surface area (Å²) in [5, 5.41) is 16.6. The Balaban J connectivity index is 1.78. The van der Waals surface area contributed by atoms with Gasteiger partial charge in [0.1, 0.15) is 18.0 Å². The van der Waals surface area contributed by atoms with Crippen LogP contribution in [0.25, 0.3) is 0 Å². The fourth-order valence-corrected chi connectivity index (χ4v) is 3.43. The van der Waals surface area contributed by atoms with Crippen LogP contribution in [0.3, 0.4) is 0 Å². The summed E-state index contributed by atoms with van der Waals surface area (Å²) in [4.78, 5) is 26.1. The van der Waals surface area contributed by atoms with E-state index in [0.717, 1.165) is 0 Å². The molecule has 2 amide bonds. The van der Waals surface area contributed by atoms with Crippen molar-refractivity contribution in [1.29, 1.82) is 5.26 Å². The van der Waals surface area contributed by atoms with Crippen LogP contribution in [0.2, 0.25) is 0 Å². The van der Waals surface area contributed by atoms with Crippen molar-refractivity contribution >= 4 is 23.5 Å². The molecule has 1 aliphatic rings. The summed E-state index contributed by atoms with van der Waals surface area (Å²) < 4.78 is 20.1. The molecule has 1 unspecified atom stereocenters. The Hall–Kier alpha value is -3.61. The van der Waals surface area contributed by atoms with Crippen LogP contribution in [0.15, 0.2) is 30.5 Å². The average Bonchev–Trinajstić information content (AvgIpc) is 3.18. The van der Waals surface area contributed by atoms with Crippen molar-refractivity contribution in [2.45, 2.75) is 33.2 Å². The van der Waals surface area contributed by atoms with E-state index in [1.807, 2.05) is 6.92 Å². The Morgan fingerprint density at radius 2 is 2.06 bits per heavy atom. The first-order chi connectivity index (χ1) is 15.1. The van der Waals surface area contributed by atoms with Gasteiger partial charge < -0.3 is 20.7 Å². The van der Waals surface area contributed by atoms with Gasteiger partial charge in [-0.25, -0.2) is 9.18 Å². The number of nitrogens with zero attached hydrogens (tertiary/aromatic N) is 4. The Bertz CT molecular complexity index is 1030. The maximum Gasteiger partial charge on any atom is 0.409 e. The van der Waals surface area contributed by atoms with Gasteiger partial charge in [0.2, 0.25) is 0 Å². The third-order valence-electron chi connectivity index (χ3n) is 5.48. The van der Waals surface area contributed by atoms with Crippen molar-refractivity contribution in [2.24, 2.45) is 17.1 Å². The largest absolute Gasteiger partial charge is 0.448 e. The summed E-state index contributed by atoms with van der Waals surface area (Å²) in [7, 11) is 0. The van der Waals surface area contributed by atoms with E-state index >= 15 is 0 Å². The lowest BCUT2D eigenvalue weighted by Crippen LogP contribution is -2.45. The summed E-state index contributed by atoms with van der Waals surface area (Å²) >= 11 is 0. The molecule has 32 heavy (non-hydrogen) atoms. The average molecular weight is 442 g/mol. The molecule has 1 aromatic carbocycles. The van der Waals surface area contributed by atoms with Gasteiger partial charge in [-0.1, -0.05) is 6.92 Å². The van der Waals surface area contributed by atoms with Gasteiger partial charge in [-0.05, 0) is 50.5 Å². The number of ether oxygens (including phenoxy) is 1. The number of amides is 2. The molecular formula is C22H27FN6O3. The first kappa shape index (κ1) is 23.1. The molecule has 3 N–H and O–H groups in total. The summed E-state index contributed by atoms with van der Waals surface area (Å²) in [6.45, 7) is 6.30. The number of aromatic nitrogens is 2. The molecular weight excluding hydrogens is 415 g/mol. The summed E-state index contributed by atoms with van der Waals surface area (Å²) in [5.74, 6) is -0.600. The molecule has 2 aromatic rings. The second-order valence-corrected chi connectivity index (χ2v) is 8.70. The number of hydrogen-bond donors (Lipinski definition) is 2. The van der Waals surface area contributed by atoms with E-state index in [4.69, 9.17) is 15.7 Å². The van der Waals surface area contributed by atoms with Gasteiger partial charge in [-0.15, -0.1) is 0 Å². The van der Waals surface area contributed by atoms with E-state index in [1.54, 1.807) is 29.6 Å². The molecule has 9 nitrogen and oxygen atoms in total. The Labute approximate surface area is 185 Å². The van der Waals surface area contributed by atoms with Crippen LogP contribution >= 0.6 is 0 Å². The number of piperidine rings is 1. The Morgan fingerprint density at radius 3 is 2.69 bits per heavy atom. The van der Waals surface area contributed by atoms with E-state index in [2.05, 4.69) is 16.5 Å². The van der Waals surface area contributed by atoms with E-state index in [9.17, 15) is 14.0 Å². The molecule has 2 heterocycles. The smallest absolute Gasteiger partial charge is 0.409 e. The first-order valence-corrected chi connectivity index (χ1v) is 10.3. The highest BCUT2D eigenvalue weighted by Crippen LogP contribution is 2.30. The molecule has 0 saturated carbocycles. The third kappa shape index (κ3) is 5.35. The van der Waals surface area contributed by atoms with Crippen LogP contribution in [0.5, 0.6) is 0 Å². The number of nitrogens with one attached hydrogen (secondary N) is 1. The molecule has 3 rings (SSSR count). The van der Waals surface area contributed by atoms with Crippen molar-refractivity contribution in [2.75, 3.05) is 25.0 Å². The van der Waals surface area contributed by atoms with Gasteiger partial charge in [-0.2, -0.15) is 10.4 Å². The summed E-state index contributed by atoms with van der Waals surface area (Å²) in [5.41, 5.74) is 5.52. The van der Waals surface area contributed by atoms with Gasteiger partial charge in [0, 0.05) is 25.0 Å². The van der Waals surface area contributed by atoms with Crippen molar-refractivity contribution in [3.8, 4) is 6.07 Å². The molecule has 0 spiro atoms. The number of primary amides is 1. The quantitative estimate of drug-likeness (QED) is 0.706. The molecule has 1 saturated heterocycles. The monoisotopic (exact) mass is 442 g/mol. The molecule has 0 radical (unpaired) electrons. The minimum Gasteiger partial charge on any atom is -0.448 e. The topological polar surface area (TPSA) is 126 Å². The fraction of sp³-hybridized carbons (Fsp3) is 0.455. The molecule has 2 atom stereocenters.